The van der Waals surface area contributed by atoms with Crippen molar-refractivity contribution in [2.45, 2.75) is 57.2 Å². The smallest absolute Gasteiger partial charge is 0.330 e. The number of rotatable bonds is 11. The molecule has 208 valence electrons. The van der Waals surface area contributed by atoms with Crippen LogP contribution in [0.25, 0.3) is 0 Å². The number of carbonyl (C=O) groups excluding carboxylic acids is 4. The molecule has 3 N–H and O–H groups in total. The van der Waals surface area contributed by atoms with Gasteiger partial charge in [0.25, 0.3) is 11.5 Å². The first kappa shape index (κ1) is 27.8. The molecule has 2 aliphatic rings. The molecular formula is C27H34N6O6. The first-order valence-corrected chi connectivity index (χ1v) is 13.1. The van der Waals surface area contributed by atoms with Gasteiger partial charge in [0.05, 0.1) is 7.11 Å². The predicted octanol–water partition coefficient (Wildman–Crippen LogP) is 1.13. The summed E-state index contributed by atoms with van der Waals surface area (Å²) in [5.41, 5.74) is -0.294. The van der Waals surface area contributed by atoms with Gasteiger partial charge < -0.3 is 25.3 Å². The van der Waals surface area contributed by atoms with E-state index in [1.807, 2.05) is 0 Å². The van der Waals surface area contributed by atoms with E-state index in [1.165, 1.54) is 59.5 Å². The van der Waals surface area contributed by atoms with E-state index in [-0.39, 0.29) is 42.7 Å². The Kier molecular flexibility index (Phi) is 8.95. The van der Waals surface area contributed by atoms with Crippen LogP contribution in [0.15, 0.2) is 47.5 Å². The highest BCUT2D eigenvalue weighted by Crippen LogP contribution is 2.44. The Morgan fingerprint density at radius 2 is 2.03 bits per heavy atom. The molecule has 0 aromatic carbocycles. The summed E-state index contributed by atoms with van der Waals surface area (Å²) in [5, 5.41) is 12.3. The number of nitrogens with zero attached hydrogens (tertiary/aromatic N) is 3. The van der Waals surface area contributed by atoms with E-state index < -0.39 is 29.4 Å². The normalized spacial score (nSPS) is 20.5. The molecule has 0 saturated heterocycles. The number of esters is 1. The van der Waals surface area contributed by atoms with Gasteiger partial charge in [0.15, 0.2) is 0 Å². The van der Waals surface area contributed by atoms with Gasteiger partial charge >= 0.3 is 5.97 Å². The number of nitrogens with one attached hydrogen (secondary N) is 3. The zero-order chi connectivity index (χ0) is 27.9. The summed E-state index contributed by atoms with van der Waals surface area (Å²) in [7, 11) is 2.86. The molecule has 2 aliphatic carbocycles. The summed E-state index contributed by atoms with van der Waals surface area (Å²) in [6.45, 7) is -0.157. The number of aromatic nitrogens is 3. The second-order valence-corrected chi connectivity index (χ2v) is 10.1. The van der Waals surface area contributed by atoms with Crippen molar-refractivity contribution in [3.63, 3.8) is 0 Å². The summed E-state index contributed by atoms with van der Waals surface area (Å²) in [6, 6.07) is 3.67. The largest absolute Gasteiger partial charge is 0.466 e. The van der Waals surface area contributed by atoms with E-state index in [4.69, 9.17) is 0 Å². The van der Waals surface area contributed by atoms with Crippen molar-refractivity contribution in [2.75, 3.05) is 12.4 Å². The molecule has 12 heteroatoms. The molecule has 39 heavy (non-hydrogen) atoms. The third-order valence-electron chi connectivity index (χ3n) is 7.43. The lowest BCUT2D eigenvalue weighted by atomic mass is 9.95. The van der Waals surface area contributed by atoms with Gasteiger partial charge in [0, 0.05) is 31.6 Å². The first-order chi connectivity index (χ1) is 18.7. The van der Waals surface area contributed by atoms with Crippen LogP contribution in [0.3, 0.4) is 0 Å². The molecule has 0 radical (unpaired) electrons. The van der Waals surface area contributed by atoms with Crippen LogP contribution in [0.2, 0.25) is 0 Å². The van der Waals surface area contributed by atoms with Crippen LogP contribution in [0.5, 0.6) is 0 Å². The maximum absolute atomic E-state index is 13.2. The van der Waals surface area contributed by atoms with E-state index in [0.29, 0.717) is 11.8 Å². The second kappa shape index (κ2) is 12.5. The molecule has 2 saturated carbocycles. The summed E-state index contributed by atoms with van der Waals surface area (Å²) in [5.74, 6) is -0.708. The Balaban J connectivity index is 1.41. The first-order valence-electron chi connectivity index (χ1n) is 13.1. The van der Waals surface area contributed by atoms with Gasteiger partial charge in [-0.3, -0.25) is 23.9 Å². The van der Waals surface area contributed by atoms with E-state index in [9.17, 15) is 24.0 Å². The summed E-state index contributed by atoms with van der Waals surface area (Å²) < 4.78 is 7.19. The zero-order valence-corrected chi connectivity index (χ0v) is 22.1. The molecule has 2 aromatic rings. The highest BCUT2D eigenvalue weighted by molar-refractivity contribution is 6.00. The second-order valence-electron chi connectivity index (χ2n) is 10.1. The van der Waals surface area contributed by atoms with Gasteiger partial charge in [-0.1, -0.05) is 12.5 Å². The Bertz CT molecular complexity index is 1310. The van der Waals surface area contributed by atoms with Crippen molar-refractivity contribution in [3.8, 4) is 0 Å². The highest BCUT2D eigenvalue weighted by Gasteiger charge is 2.40. The number of aryl methyl sites for hydroxylation is 1. The molecule has 3 amide bonds. The van der Waals surface area contributed by atoms with Gasteiger partial charge in [-0.15, -0.1) is 0 Å². The molecule has 0 spiro atoms. The fourth-order valence-corrected chi connectivity index (χ4v) is 5.41. The van der Waals surface area contributed by atoms with Crippen LogP contribution < -0.4 is 21.5 Å². The zero-order valence-electron chi connectivity index (χ0n) is 22.1. The quantitative estimate of drug-likeness (QED) is 0.286. The Morgan fingerprint density at radius 3 is 2.69 bits per heavy atom. The third-order valence-corrected chi connectivity index (χ3v) is 7.43. The standard InChI is InChI=1S/C27H34N6O6/c1-32-22(11-12-28-32)26(37)30-19(6-3-4-8-24(35)39-2)25(36)31-20-7-5-13-33(27(20)38)16-23(34)29-21-15-17-9-10-18(21)14-17/h4-5,7-8,11-13,17-19,21H,3,6,9-10,14-16H2,1-2H3,(H,29,34)(H,30,37)(H,31,36)/b8-4+/t17?,18?,19-,21+/m0/s1. The molecule has 2 bridgehead atoms. The van der Waals surface area contributed by atoms with E-state index in [2.05, 4.69) is 25.8 Å². The number of hydrogen-bond acceptors (Lipinski definition) is 7. The SMILES string of the molecule is COC(=O)/C=C/CC[C@H](NC(=O)c1ccnn1C)C(=O)Nc1cccn(CC(=O)N[C@@H]2CC3CCC2C3)c1=O. The fourth-order valence-electron chi connectivity index (χ4n) is 5.41. The summed E-state index contributed by atoms with van der Waals surface area (Å²) >= 11 is 0. The summed E-state index contributed by atoms with van der Waals surface area (Å²) in [6.07, 6.45) is 10.7. The molecule has 2 fully saturated rings. The van der Waals surface area contributed by atoms with Crippen molar-refractivity contribution in [2.24, 2.45) is 18.9 Å². The molecule has 2 unspecified atom stereocenters. The van der Waals surface area contributed by atoms with Crippen molar-refractivity contribution < 1.29 is 23.9 Å². The van der Waals surface area contributed by atoms with Gasteiger partial charge in [-0.2, -0.15) is 5.10 Å². The van der Waals surface area contributed by atoms with Crippen LogP contribution >= 0.6 is 0 Å². The van der Waals surface area contributed by atoms with Crippen LogP contribution in [0, 0.1) is 11.8 Å². The average Bonchev–Trinajstić information content (AvgIpc) is 3.65. The van der Waals surface area contributed by atoms with Crippen LogP contribution in [0.1, 0.15) is 49.0 Å². The van der Waals surface area contributed by atoms with Gasteiger partial charge in [0.1, 0.15) is 24.0 Å². The lowest BCUT2D eigenvalue weighted by Gasteiger charge is -2.23. The lowest BCUT2D eigenvalue weighted by Crippen LogP contribution is -2.45. The monoisotopic (exact) mass is 538 g/mol. The third kappa shape index (κ3) is 7.01. The molecule has 2 heterocycles. The number of fused-ring (bicyclic) bond motifs is 2. The van der Waals surface area contributed by atoms with Gasteiger partial charge in [-0.25, -0.2) is 4.79 Å². The van der Waals surface area contributed by atoms with E-state index >= 15 is 0 Å². The number of ether oxygens (including phenoxy) is 1. The number of anilines is 1. The maximum Gasteiger partial charge on any atom is 0.330 e. The Labute approximate surface area is 225 Å². The van der Waals surface area contributed by atoms with Gasteiger partial charge in [-0.05, 0) is 62.1 Å². The van der Waals surface area contributed by atoms with Crippen LogP contribution in [0.4, 0.5) is 5.69 Å². The Hall–Kier alpha value is -4.22. The van der Waals surface area contributed by atoms with Crippen LogP contribution in [-0.2, 0) is 32.7 Å². The van der Waals surface area contributed by atoms with Gasteiger partial charge in [0.2, 0.25) is 11.8 Å². The predicted molar refractivity (Wildman–Crippen MR) is 142 cm³/mol. The van der Waals surface area contributed by atoms with E-state index in [0.717, 1.165) is 19.3 Å². The lowest BCUT2D eigenvalue weighted by molar-refractivity contribution is -0.134. The molecule has 2 aromatic heterocycles. The van der Waals surface area contributed by atoms with Crippen LogP contribution in [-0.4, -0.2) is 57.2 Å². The Morgan fingerprint density at radius 1 is 1.21 bits per heavy atom. The maximum atomic E-state index is 13.2. The number of amides is 3. The minimum atomic E-state index is -1.02. The van der Waals surface area contributed by atoms with Crippen molar-refractivity contribution >= 4 is 29.4 Å². The average molecular weight is 539 g/mol. The number of hydrogen-bond donors (Lipinski definition) is 3. The topological polar surface area (TPSA) is 153 Å². The van der Waals surface area contributed by atoms with Crippen molar-refractivity contribution in [1.82, 2.24) is 25.0 Å². The number of methoxy groups -OCH3 is 1. The minimum absolute atomic E-state index is 0.0138. The fraction of sp³-hybridized carbons (Fsp3) is 0.481. The number of pyridine rings is 1. The number of allylic oxidation sites excluding steroid dienone is 1. The number of carbonyl (C=O) groups is 4. The minimum Gasteiger partial charge on any atom is -0.466 e. The molecule has 4 rings (SSSR count). The molecule has 0 aliphatic heterocycles. The van der Waals surface area contributed by atoms with Crippen molar-refractivity contribution in [1.29, 1.82) is 0 Å². The molecule has 12 nitrogen and oxygen atoms in total. The highest BCUT2D eigenvalue weighted by atomic mass is 16.5. The van der Waals surface area contributed by atoms with Crippen molar-refractivity contribution in [3.05, 3.63) is 58.8 Å². The summed E-state index contributed by atoms with van der Waals surface area (Å²) in [4.78, 5) is 63.0. The molecular weight excluding hydrogens is 504 g/mol. The van der Waals surface area contributed by atoms with E-state index in [1.54, 1.807) is 13.1 Å². The molecule has 4 atom stereocenters.